The van der Waals surface area contributed by atoms with Gasteiger partial charge in [-0.2, -0.15) is 0 Å². The summed E-state index contributed by atoms with van der Waals surface area (Å²) in [6, 6.07) is 11.4. The number of nitrogens with one attached hydrogen (secondary N) is 1. The third-order valence-electron chi connectivity index (χ3n) is 3.34. The van der Waals surface area contributed by atoms with Crippen molar-refractivity contribution in [3.63, 3.8) is 0 Å². The van der Waals surface area contributed by atoms with Gasteiger partial charge in [-0.3, -0.25) is 0 Å². The highest BCUT2D eigenvalue weighted by molar-refractivity contribution is 6.32. The maximum Gasteiger partial charge on any atom is 0.180 e. The Hall–Kier alpha value is -1.13. The number of ether oxygens (including phenoxy) is 2. The number of benzene rings is 2. The predicted molar refractivity (Wildman–Crippen MR) is 103 cm³/mol. The van der Waals surface area contributed by atoms with Crippen molar-refractivity contribution in [1.29, 1.82) is 0 Å². The number of hydrogen-bond acceptors (Lipinski definition) is 3. The van der Waals surface area contributed by atoms with E-state index in [-0.39, 0.29) is 12.4 Å². The third-order valence-corrected chi connectivity index (χ3v) is 3.87. The summed E-state index contributed by atoms with van der Waals surface area (Å²) >= 11 is 12.2. The molecule has 2 aromatic rings. The van der Waals surface area contributed by atoms with Crippen molar-refractivity contribution in [3.8, 4) is 11.5 Å². The fourth-order valence-corrected chi connectivity index (χ4v) is 2.57. The van der Waals surface area contributed by atoms with E-state index in [0.29, 0.717) is 28.2 Å². The van der Waals surface area contributed by atoms with E-state index in [0.717, 1.165) is 30.6 Å². The monoisotopic (exact) mass is 389 g/mol. The molecular weight excluding hydrogens is 369 g/mol. The summed E-state index contributed by atoms with van der Waals surface area (Å²) in [4.78, 5) is 0. The molecule has 1 N–H and O–H groups in total. The van der Waals surface area contributed by atoms with Crippen molar-refractivity contribution in [2.24, 2.45) is 0 Å². The van der Waals surface area contributed by atoms with E-state index in [1.807, 2.05) is 36.4 Å². The van der Waals surface area contributed by atoms with Gasteiger partial charge in [0.05, 0.1) is 12.1 Å². The molecule has 6 heteroatoms. The summed E-state index contributed by atoms with van der Waals surface area (Å²) in [6.45, 7) is 4.26. The standard InChI is InChI=1S/C18H21Cl2NO2.ClH/c1-3-8-21-11-14-9-16(20)18(17(10-14)22-2)23-12-13-4-6-15(19)7-5-13;/h4-7,9-10,21H,3,8,11-12H2,1-2H3;1H. The van der Waals surface area contributed by atoms with Gasteiger partial charge in [0.1, 0.15) is 6.61 Å². The third kappa shape index (κ3) is 6.06. The molecule has 132 valence electrons. The van der Waals surface area contributed by atoms with Gasteiger partial charge in [0, 0.05) is 11.6 Å². The highest BCUT2D eigenvalue weighted by Gasteiger charge is 2.12. The molecule has 0 bridgehead atoms. The first-order valence-corrected chi connectivity index (χ1v) is 8.34. The van der Waals surface area contributed by atoms with Gasteiger partial charge in [-0.25, -0.2) is 0 Å². The predicted octanol–water partition coefficient (Wildman–Crippen LogP) is 5.50. The van der Waals surface area contributed by atoms with E-state index in [9.17, 15) is 0 Å². The summed E-state index contributed by atoms with van der Waals surface area (Å²) < 4.78 is 11.3. The first-order valence-electron chi connectivity index (χ1n) is 7.58. The Morgan fingerprint density at radius 2 is 1.75 bits per heavy atom. The fourth-order valence-electron chi connectivity index (χ4n) is 2.16. The molecule has 3 nitrogen and oxygen atoms in total. The lowest BCUT2D eigenvalue weighted by Gasteiger charge is -2.14. The molecule has 0 aromatic heterocycles. The van der Waals surface area contributed by atoms with Crippen molar-refractivity contribution in [3.05, 3.63) is 57.6 Å². The van der Waals surface area contributed by atoms with Gasteiger partial charge >= 0.3 is 0 Å². The van der Waals surface area contributed by atoms with Crippen LogP contribution in [0.3, 0.4) is 0 Å². The zero-order valence-electron chi connectivity index (χ0n) is 13.8. The number of hydrogen-bond donors (Lipinski definition) is 1. The molecule has 0 aliphatic carbocycles. The van der Waals surface area contributed by atoms with Crippen molar-refractivity contribution in [2.75, 3.05) is 13.7 Å². The lowest BCUT2D eigenvalue weighted by Crippen LogP contribution is -2.14. The smallest absolute Gasteiger partial charge is 0.180 e. The molecule has 0 unspecified atom stereocenters. The second-order valence-corrected chi connectivity index (χ2v) is 6.04. The van der Waals surface area contributed by atoms with Gasteiger partial charge < -0.3 is 14.8 Å². The molecule has 0 amide bonds. The fraction of sp³-hybridized carbons (Fsp3) is 0.333. The first kappa shape index (κ1) is 20.9. The van der Waals surface area contributed by atoms with Gasteiger partial charge in [0.2, 0.25) is 0 Å². The molecule has 2 aromatic carbocycles. The number of halogens is 3. The first-order chi connectivity index (χ1) is 11.1. The summed E-state index contributed by atoms with van der Waals surface area (Å²) in [5, 5.41) is 4.59. The quantitative estimate of drug-likeness (QED) is 0.603. The van der Waals surface area contributed by atoms with E-state index in [2.05, 4.69) is 12.2 Å². The van der Waals surface area contributed by atoms with Crippen molar-refractivity contribution < 1.29 is 9.47 Å². The second kappa shape index (κ2) is 10.7. The molecule has 0 saturated carbocycles. The van der Waals surface area contributed by atoms with Crippen LogP contribution in [-0.2, 0) is 13.2 Å². The van der Waals surface area contributed by atoms with Crippen LogP contribution in [0.5, 0.6) is 11.5 Å². The molecule has 0 fully saturated rings. The molecule has 0 aliphatic rings. The van der Waals surface area contributed by atoms with Crippen LogP contribution in [0.4, 0.5) is 0 Å². The molecule has 0 spiro atoms. The van der Waals surface area contributed by atoms with Crippen molar-refractivity contribution in [1.82, 2.24) is 5.32 Å². The topological polar surface area (TPSA) is 30.5 Å². The van der Waals surface area contributed by atoms with Gasteiger partial charge in [0.15, 0.2) is 11.5 Å². The lowest BCUT2D eigenvalue weighted by molar-refractivity contribution is 0.284. The summed E-state index contributed by atoms with van der Waals surface area (Å²) in [6.07, 6.45) is 1.09. The minimum atomic E-state index is 0. The van der Waals surface area contributed by atoms with Gasteiger partial charge in [-0.1, -0.05) is 42.3 Å². The van der Waals surface area contributed by atoms with Crippen LogP contribution < -0.4 is 14.8 Å². The van der Waals surface area contributed by atoms with E-state index >= 15 is 0 Å². The van der Waals surface area contributed by atoms with E-state index in [1.54, 1.807) is 7.11 Å². The van der Waals surface area contributed by atoms with Crippen LogP contribution in [0, 0.1) is 0 Å². The van der Waals surface area contributed by atoms with Crippen LogP contribution in [0.1, 0.15) is 24.5 Å². The SMILES string of the molecule is CCCNCc1cc(Cl)c(OCc2ccc(Cl)cc2)c(OC)c1.Cl. The summed E-state index contributed by atoms with van der Waals surface area (Å²) in [7, 11) is 1.62. The summed E-state index contributed by atoms with van der Waals surface area (Å²) in [5.41, 5.74) is 2.08. The normalized spacial score (nSPS) is 10.2. The average molecular weight is 391 g/mol. The van der Waals surface area contributed by atoms with Crippen LogP contribution in [0.25, 0.3) is 0 Å². The molecule has 2 rings (SSSR count). The molecule has 0 aliphatic heterocycles. The van der Waals surface area contributed by atoms with Crippen molar-refractivity contribution in [2.45, 2.75) is 26.5 Å². The van der Waals surface area contributed by atoms with E-state index in [4.69, 9.17) is 32.7 Å². The van der Waals surface area contributed by atoms with Gasteiger partial charge in [-0.05, 0) is 48.4 Å². The Balaban J connectivity index is 0.00000288. The highest BCUT2D eigenvalue weighted by Crippen LogP contribution is 2.37. The Bertz CT molecular complexity index is 633. The average Bonchev–Trinajstić information content (AvgIpc) is 2.55. The zero-order chi connectivity index (χ0) is 16.7. The molecule has 0 heterocycles. The molecular formula is C18H22Cl3NO2. The molecule has 0 saturated heterocycles. The van der Waals surface area contributed by atoms with Gasteiger partial charge in [0.25, 0.3) is 0 Å². The van der Waals surface area contributed by atoms with Crippen molar-refractivity contribution >= 4 is 35.6 Å². The second-order valence-electron chi connectivity index (χ2n) is 5.20. The minimum Gasteiger partial charge on any atom is -0.493 e. The maximum absolute atomic E-state index is 6.36. The summed E-state index contributed by atoms with van der Waals surface area (Å²) in [5.74, 6) is 1.20. The van der Waals surface area contributed by atoms with Crippen LogP contribution in [0.2, 0.25) is 10.0 Å². The van der Waals surface area contributed by atoms with E-state index in [1.165, 1.54) is 0 Å². The van der Waals surface area contributed by atoms with E-state index < -0.39 is 0 Å². The Morgan fingerprint density at radius 3 is 2.38 bits per heavy atom. The molecule has 0 atom stereocenters. The van der Waals surface area contributed by atoms with Crippen LogP contribution >= 0.6 is 35.6 Å². The number of rotatable bonds is 8. The maximum atomic E-state index is 6.36. The van der Waals surface area contributed by atoms with Gasteiger partial charge in [-0.15, -0.1) is 12.4 Å². The zero-order valence-corrected chi connectivity index (χ0v) is 16.1. The number of methoxy groups -OCH3 is 1. The van der Waals surface area contributed by atoms with Crippen LogP contribution in [0.15, 0.2) is 36.4 Å². The molecule has 0 radical (unpaired) electrons. The van der Waals surface area contributed by atoms with Crippen LogP contribution in [-0.4, -0.2) is 13.7 Å². The Kier molecular flexibility index (Phi) is 9.30. The largest absolute Gasteiger partial charge is 0.493 e. The minimum absolute atomic E-state index is 0. The Morgan fingerprint density at radius 1 is 1.04 bits per heavy atom. The lowest BCUT2D eigenvalue weighted by atomic mass is 10.2. The highest BCUT2D eigenvalue weighted by atomic mass is 35.5. The molecule has 24 heavy (non-hydrogen) atoms. The Labute approximate surface area is 159 Å².